The number of benzene rings is 2. The highest BCUT2D eigenvalue weighted by atomic mass is 35.5. The van der Waals surface area contributed by atoms with E-state index in [2.05, 4.69) is 111 Å². The van der Waals surface area contributed by atoms with Gasteiger partial charge in [-0.2, -0.15) is 4.58 Å². The van der Waals surface area contributed by atoms with Crippen molar-refractivity contribution in [3.8, 4) is 0 Å². The molecule has 6 rings (SSSR count). The number of likely N-dealkylation sites (N-methyl/N-ethyl adjacent to an activating group) is 1. The first kappa shape index (κ1) is 31.0. The molecule has 8 heteroatoms. The second kappa shape index (κ2) is 11.4. The van der Waals surface area contributed by atoms with E-state index in [-0.39, 0.29) is 23.0 Å². The van der Waals surface area contributed by atoms with Crippen molar-refractivity contribution in [2.75, 3.05) is 24.2 Å². The molecule has 0 spiro atoms. The van der Waals surface area contributed by atoms with E-state index in [1.807, 2.05) is 6.07 Å². The molecule has 3 heterocycles. The smallest absolute Gasteiger partial charge is 0.267 e. The molecule has 1 aliphatic carbocycles. The Labute approximate surface area is 270 Å². The third-order valence-electron chi connectivity index (χ3n) is 9.44. The van der Waals surface area contributed by atoms with Gasteiger partial charge in [0.1, 0.15) is 0 Å². The quantitative estimate of drug-likeness (QED) is 0.190. The van der Waals surface area contributed by atoms with Gasteiger partial charge in [-0.25, -0.2) is 8.42 Å². The van der Waals surface area contributed by atoms with Gasteiger partial charge in [0.15, 0.2) is 12.3 Å². The standard InChI is InChI=1S/C36H39ClN2O3S2/c1-35(2)27-15-7-8-16-28(27)38(5)30(35)20-18-24-12-10-13-25(33(24)37)19-21-31-36(3,4)32-26-14-6-9-17-29(26)43-34(32)39(31)22-11-23-44(40,41)42/h6-9,14-21H,10-13,22-23H2,1-5H3. The lowest BCUT2D eigenvalue weighted by molar-refractivity contribution is -0.433. The molecular formula is C36H39ClN2O3S2. The van der Waals surface area contributed by atoms with Gasteiger partial charge in [0.2, 0.25) is 0 Å². The Kier molecular flexibility index (Phi) is 8.06. The van der Waals surface area contributed by atoms with Crippen LogP contribution in [0.1, 0.15) is 64.5 Å². The average Bonchev–Trinajstić information content (AvgIpc) is 3.52. The molecule has 5 nitrogen and oxygen atoms in total. The molecule has 0 saturated carbocycles. The van der Waals surface area contributed by atoms with Gasteiger partial charge in [0.05, 0.1) is 21.1 Å². The fourth-order valence-corrected chi connectivity index (χ4v) is 9.39. The van der Waals surface area contributed by atoms with Crippen molar-refractivity contribution in [1.29, 1.82) is 0 Å². The van der Waals surface area contributed by atoms with Gasteiger partial charge in [-0.15, -0.1) is 0 Å². The molecule has 230 valence electrons. The Morgan fingerprint density at radius 2 is 1.73 bits per heavy atom. The minimum Gasteiger partial charge on any atom is -0.748 e. The van der Waals surface area contributed by atoms with Crippen molar-refractivity contribution < 1.29 is 17.5 Å². The molecule has 0 saturated heterocycles. The Morgan fingerprint density at radius 1 is 1.00 bits per heavy atom. The van der Waals surface area contributed by atoms with Gasteiger partial charge >= 0.3 is 0 Å². The molecule has 44 heavy (non-hydrogen) atoms. The SMILES string of the molecule is CN1/C(=C/C=C2\CCCC(/C=C/C3=[N+](CCCS(=O)(=O)[O-])c4sc5ccccc5c4C3(C)C)=C2Cl)C(C)(C)c2ccccc21. The summed E-state index contributed by atoms with van der Waals surface area (Å²) in [7, 11) is -2.15. The maximum absolute atomic E-state index is 11.4. The second-order valence-corrected chi connectivity index (χ2v) is 16.0. The summed E-state index contributed by atoms with van der Waals surface area (Å²) in [5.74, 6) is -0.376. The molecule has 0 unspecified atom stereocenters. The van der Waals surface area contributed by atoms with E-state index in [9.17, 15) is 13.0 Å². The van der Waals surface area contributed by atoms with Crippen LogP contribution in [-0.4, -0.2) is 42.6 Å². The lowest BCUT2D eigenvalue weighted by Crippen LogP contribution is -2.28. The summed E-state index contributed by atoms with van der Waals surface area (Å²) in [6, 6.07) is 17.0. The summed E-state index contributed by atoms with van der Waals surface area (Å²) in [4.78, 5) is 2.28. The average molecular weight is 647 g/mol. The van der Waals surface area contributed by atoms with Crippen LogP contribution in [0.15, 0.2) is 94.7 Å². The Hall–Kier alpha value is -2.97. The number of rotatable bonds is 7. The van der Waals surface area contributed by atoms with E-state index in [0.29, 0.717) is 6.54 Å². The molecule has 2 aromatic carbocycles. The molecule has 0 amide bonds. The van der Waals surface area contributed by atoms with Crippen molar-refractivity contribution in [2.24, 2.45) is 0 Å². The molecule has 3 aromatic rings. The van der Waals surface area contributed by atoms with Gasteiger partial charge in [-0.3, -0.25) is 0 Å². The van der Waals surface area contributed by atoms with E-state index >= 15 is 0 Å². The van der Waals surface area contributed by atoms with Gasteiger partial charge < -0.3 is 9.45 Å². The fourth-order valence-electron chi connectivity index (χ4n) is 7.19. The van der Waals surface area contributed by atoms with Crippen molar-refractivity contribution in [3.05, 3.63) is 106 Å². The maximum Gasteiger partial charge on any atom is 0.267 e. The van der Waals surface area contributed by atoms with Gasteiger partial charge in [-0.05, 0) is 68.0 Å². The third-order valence-corrected chi connectivity index (χ3v) is 11.9. The number of nitrogens with zero attached hydrogens (tertiary/aromatic N) is 2. The van der Waals surface area contributed by atoms with Crippen LogP contribution in [0.4, 0.5) is 10.7 Å². The van der Waals surface area contributed by atoms with Crippen LogP contribution in [0.2, 0.25) is 0 Å². The van der Waals surface area contributed by atoms with Crippen LogP contribution in [0.5, 0.6) is 0 Å². The molecular weight excluding hydrogens is 608 g/mol. The van der Waals surface area contributed by atoms with Crippen molar-refractivity contribution in [2.45, 2.75) is 64.2 Å². The third kappa shape index (κ3) is 5.42. The number of halogens is 1. The molecule has 0 N–H and O–H groups in total. The first-order valence-corrected chi connectivity index (χ1v) is 18.0. The van der Waals surface area contributed by atoms with Crippen molar-refractivity contribution in [1.82, 2.24) is 0 Å². The zero-order chi connectivity index (χ0) is 31.4. The van der Waals surface area contributed by atoms with Crippen molar-refractivity contribution in [3.63, 3.8) is 0 Å². The first-order chi connectivity index (χ1) is 20.8. The van der Waals surface area contributed by atoms with Crippen LogP contribution >= 0.6 is 22.9 Å². The number of allylic oxidation sites excluding steroid dienone is 8. The van der Waals surface area contributed by atoms with E-state index in [4.69, 9.17) is 11.6 Å². The molecule has 0 fully saturated rings. The molecule has 3 aliphatic rings. The highest BCUT2D eigenvalue weighted by Crippen LogP contribution is 2.50. The Morgan fingerprint density at radius 3 is 2.48 bits per heavy atom. The number of anilines is 1. The first-order valence-electron chi connectivity index (χ1n) is 15.2. The normalized spacial score (nSPS) is 21.4. The highest BCUT2D eigenvalue weighted by molar-refractivity contribution is 7.85. The predicted molar refractivity (Wildman–Crippen MR) is 184 cm³/mol. The van der Waals surface area contributed by atoms with Crippen LogP contribution in [0.3, 0.4) is 0 Å². The van der Waals surface area contributed by atoms with E-state index in [1.54, 1.807) is 11.3 Å². The second-order valence-electron chi connectivity index (χ2n) is 13.0. The Bertz CT molecular complexity index is 1920. The van der Waals surface area contributed by atoms with Gasteiger partial charge in [-0.1, -0.05) is 85.3 Å². The molecule has 0 atom stereocenters. The van der Waals surface area contributed by atoms with E-state index in [1.165, 1.54) is 32.6 Å². The minimum absolute atomic E-state index is 0.0976. The highest BCUT2D eigenvalue weighted by Gasteiger charge is 2.47. The summed E-state index contributed by atoms with van der Waals surface area (Å²) in [5, 5.41) is 3.15. The number of thiophene rings is 1. The van der Waals surface area contributed by atoms with Crippen LogP contribution in [-0.2, 0) is 20.9 Å². The summed E-state index contributed by atoms with van der Waals surface area (Å²) in [6.07, 6.45) is 11.9. The summed E-state index contributed by atoms with van der Waals surface area (Å²) in [6.45, 7) is 9.45. The number of para-hydroxylation sites is 1. The van der Waals surface area contributed by atoms with Crippen LogP contribution in [0.25, 0.3) is 10.1 Å². The number of hydrogen-bond donors (Lipinski definition) is 0. The topological polar surface area (TPSA) is 63.5 Å². The molecule has 0 radical (unpaired) electrons. The zero-order valence-corrected chi connectivity index (χ0v) is 28.4. The lowest BCUT2D eigenvalue weighted by Gasteiger charge is -2.24. The zero-order valence-electron chi connectivity index (χ0n) is 26.0. The summed E-state index contributed by atoms with van der Waals surface area (Å²) < 4.78 is 37.7. The summed E-state index contributed by atoms with van der Waals surface area (Å²) in [5.41, 5.74) is 8.01. The largest absolute Gasteiger partial charge is 0.748 e. The predicted octanol–water partition coefficient (Wildman–Crippen LogP) is 8.68. The van der Waals surface area contributed by atoms with Gasteiger partial charge in [0, 0.05) is 57.2 Å². The molecule has 2 aliphatic heterocycles. The molecule has 1 aromatic heterocycles. The monoisotopic (exact) mass is 646 g/mol. The number of hydrogen-bond acceptors (Lipinski definition) is 5. The van der Waals surface area contributed by atoms with Gasteiger partial charge in [0.25, 0.3) is 5.00 Å². The summed E-state index contributed by atoms with van der Waals surface area (Å²) >= 11 is 8.82. The maximum atomic E-state index is 11.4. The van der Waals surface area contributed by atoms with Crippen molar-refractivity contribution >= 4 is 59.5 Å². The Balaban J connectivity index is 1.35. The number of fused-ring (bicyclic) bond motifs is 4. The van der Waals surface area contributed by atoms with Crippen LogP contribution in [0, 0.1) is 0 Å². The minimum atomic E-state index is -4.28. The molecule has 0 bridgehead atoms. The van der Waals surface area contributed by atoms with Crippen LogP contribution < -0.4 is 4.90 Å². The lowest BCUT2D eigenvalue weighted by atomic mass is 9.80. The fraction of sp³-hybridized carbons (Fsp3) is 0.361. The van der Waals surface area contributed by atoms with E-state index in [0.717, 1.165) is 46.2 Å². The van der Waals surface area contributed by atoms with E-state index < -0.39 is 10.1 Å².